The maximum atomic E-state index is 11.6. The fourth-order valence-corrected chi connectivity index (χ4v) is 3.37. The number of aliphatic carboxylic acids is 1. The predicted octanol–water partition coefficient (Wildman–Crippen LogP) is 2.69. The van der Waals surface area contributed by atoms with Gasteiger partial charge in [-0.15, -0.1) is 0 Å². The summed E-state index contributed by atoms with van der Waals surface area (Å²) in [5.41, 5.74) is 2.77. The zero-order chi connectivity index (χ0) is 12.8. The Morgan fingerprint density at radius 2 is 2.06 bits per heavy atom. The number of aryl methyl sites for hydroxylation is 1. The first kappa shape index (κ1) is 11.6. The first-order chi connectivity index (χ1) is 8.69. The fraction of sp³-hybridized carbons (Fsp3) is 0.533. The van der Waals surface area contributed by atoms with E-state index in [0.717, 1.165) is 49.8 Å². The minimum absolute atomic E-state index is 0.692. The standard InChI is InChI=1S/C15H18O3/c1-18-13-11-5-2-4-10(11)6-7-12(13)15(14(16)17)8-3-9-15/h6-7H,2-5,8-9H2,1H3,(H,16,17). The Hall–Kier alpha value is -1.51. The first-order valence-corrected chi connectivity index (χ1v) is 6.62. The number of carboxylic acids is 1. The quantitative estimate of drug-likeness (QED) is 0.892. The van der Waals surface area contributed by atoms with Crippen molar-refractivity contribution < 1.29 is 14.6 Å². The van der Waals surface area contributed by atoms with Gasteiger partial charge in [0.25, 0.3) is 0 Å². The van der Waals surface area contributed by atoms with Crippen molar-refractivity contribution >= 4 is 5.97 Å². The first-order valence-electron chi connectivity index (χ1n) is 6.62. The van der Waals surface area contributed by atoms with Gasteiger partial charge in [0.2, 0.25) is 0 Å². The summed E-state index contributed by atoms with van der Waals surface area (Å²) in [6, 6.07) is 4.08. The van der Waals surface area contributed by atoms with E-state index in [0.29, 0.717) is 0 Å². The average molecular weight is 246 g/mol. The minimum Gasteiger partial charge on any atom is -0.496 e. The SMILES string of the molecule is COc1c(C2(C(=O)O)CCC2)ccc2c1CCC2. The molecule has 1 fully saturated rings. The number of ether oxygens (including phenoxy) is 1. The number of hydrogen-bond donors (Lipinski definition) is 1. The van der Waals surface area contributed by atoms with E-state index >= 15 is 0 Å². The molecule has 96 valence electrons. The van der Waals surface area contributed by atoms with Gasteiger partial charge in [-0.3, -0.25) is 4.79 Å². The molecular formula is C15H18O3. The number of carbonyl (C=O) groups is 1. The Morgan fingerprint density at radius 1 is 1.28 bits per heavy atom. The topological polar surface area (TPSA) is 46.5 Å². The van der Waals surface area contributed by atoms with Crippen LogP contribution >= 0.6 is 0 Å². The van der Waals surface area contributed by atoms with Gasteiger partial charge in [-0.25, -0.2) is 0 Å². The molecule has 0 unspecified atom stereocenters. The van der Waals surface area contributed by atoms with Crippen molar-refractivity contribution in [2.75, 3.05) is 7.11 Å². The van der Waals surface area contributed by atoms with Crippen molar-refractivity contribution in [1.82, 2.24) is 0 Å². The van der Waals surface area contributed by atoms with Crippen LogP contribution in [0, 0.1) is 0 Å². The number of methoxy groups -OCH3 is 1. The number of benzene rings is 1. The molecule has 3 heteroatoms. The zero-order valence-corrected chi connectivity index (χ0v) is 10.7. The molecule has 0 saturated heterocycles. The van der Waals surface area contributed by atoms with Crippen LogP contribution in [-0.4, -0.2) is 18.2 Å². The summed E-state index contributed by atoms with van der Waals surface area (Å²) in [7, 11) is 1.66. The van der Waals surface area contributed by atoms with Crippen LogP contribution in [0.15, 0.2) is 12.1 Å². The molecule has 1 N–H and O–H groups in total. The maximum Gasteiger partial charge on any atom is 0.314 e. The van der Waals surface area contributed by atoms with Crippen molar-refractivity contribution in [3.63, 3.8) is 0 Å². The molecule has 3 rings (SSSR count). The molecule has 0 heterocycles. The average Bonchev–Trinajstić information content (AvgIpc) is 2.74. The van der Waals surface area contributed by atoms with Crippen LogP contribution in [0.25, 0.3) is 0 Å². The molecule has 0 radical (unpaired) electrons. The van der Waals surface area contributed by atoms with E-state index in [9.17, 15) is 9.90 Å². The summed E-state index contributed by atoms with van der Waals surface area (Å²) in [6.07, 6.45) is 5.71. The minimum atomic E-state index is -0.704. The highest BCUT2D eigenvalue weighted by atomic mass is 16.5. The molecule has 0 aromatic heterocycles. The van der Waals surface area contributed by atoms with Crippen molar-refractivity contribution in [1.29, 1.82) is 0 Å². The molecular weight excluding hydrogens is 228 g/mol. The molecule has 2 aliphatic carbocycles. The Morgan fingerprint density at radius 3 is 2.61 bits per heavy atom. The highest BCUT2D eigenvalue weighted by molar-refractivity contribution is 5.84. The van der Waals surface area contributed by atoms with E-state index < -0.39 is 11.4 Å². The zero-order valence-electron chi connectivity index (χ0n) is 10.7. The van der Waals surface area contributed by atoms with Gasteiger partial charge in [0.1, 0.15) is 5.75 Å². The van der Waals surface area contributed by atoms with Crippen LogP contribution in [0.4, 0.5) is 0 Å². The molecule has 2 aliphatic rings. The maximum absolute atomic E-state index is 11.6. The van der Waals surface area contributed by atoms with E-state index in [1.54, 1.807) is 7.11 Å². The highest BCUT2D eigenvalue weighted by Gasteiger charge is 2.48. The third-order valence-corrected chi connectivity index (χ3v) is 4.57. The molecule has 1 aromatic rings. The third-order valence-electron chi connectivity index (χ3n) is 4.57. The van der Waals surface area contributed by atoms with Gasteiger partial charge in [0, 0.05) is 5.56 Å². The normalized spacial score (nSPS) is 20.1. The van der Waals surface area contributed by atoms with Gasteiger partial charge in [0.15, 0.2) is 0 Å². The number of rotatable bonds is 3. The lowest BCUT2D eigenvalue weighted by Crippen LogP contribution is -2.42. The van der Waals surface area contributed by atoms with Crippen molar-refractivity contribution in [3.8, 4) is 5.75 Å². The Bertz CT molecular complexity index is 501. The molecule has 0 spiro atoms. The number of carboxylic acid groups (broad SMARTS) is 1. The van der Waals surface area contributed by atoms with E-state index in [1.165, 1.54) is 11.1 Å². The van der Waals surface area contributed by atoms with Crippen LogP contribution in [0.2, 0.25) is 0 Å². The van der Waals surface area contributed by atoms with E-state index in [4.69, 9.17) is 4.74 Å². The van der Waals surface area contributed by atoms with Gasteiger partial charge >= 0.3 is 5.97 Å². The van der Waals surface area contributed by atoms with Gasteiger partial charge in [-0.1, -0.05) is 18.6 Å². The largest absolute Gasteiger partial charge is 0.496 e. The molecule has 3 nitrogen and oxygen atoms in total. The lowest BCUT2D eigenvalue weighted by atomic mass is 9.64. The van der Waals surface area contributed by atoms with E-state index in [1.807, 2.05) is 6.07 Å². The summed E-state index contributed by atoms with van der Waals surface area (Å²) in [5.74, 6) is 0.136. The second kappa shape index (κ2) is 4.01. The van der Waals surface area contributed by atoms with Crippen molar-refractivity contribution in [2.24, 2.45) is 0 Å². The van der Waals surface area contributed by atoms with E-state index in [-0.39, 0.29) is 0 Å². The van der Waals surface area contributed by atoms with Crippen LogP contribution in [0.5, 0.6) is 5.75 Å². The Labute approximate surface area is 107 Å². The highest BCUT2D eigenvalue weighted by Crippen LogP contribution is 2.49. The molecule has 1 saturated carbocycles. The van der Waals surface area contributed by atoms with Gasteiger partial charge < -0.3 is 9.84 Å². The summed E-state index contributed by atoms with van der Waals surface area (Å²) in [6.45, 7) is 0. The molecule has 1 aromatic carbocycles. The third kappa shape index (κ3) is 1.39. The molecule has 0 atom stereocenters. The summed E-state index contributed by atoms with van der Waals surface area (Å²) in [4.78, 5) is 11.6. The Balaban J connectivity index is 2.15. The van der Waals surface area contributed by atoms with E-state index in [2.05, 4.69) is 6.07 Å². The predicted molar refractivity (Wildman–Crippen MR) is 68.2 cm³/mol. The van der Waals surface area contributed by atoms with Gasteiger partial charge in [-0.2, -0.15) is 0 Å². The number of fused-ring (bicyclic) bond motifs is 1. The molecule has 18 heavy (non-hydrogen) atoms. The number of hydrogen-bond acceptors (Lipinski definition) is 2. The summed E-state index contributed by atoms with van der Waals surface area (Å²) in [5, 5.41) is 9.55. The second-order valence-corrected chi connectivity index (χ2v) is 5.38. The molecule has 0 amide bonds. The second-order valence-electron chi connectivity index (χ2n) is 5.38. The summed E-state index contributed by atoms with van der Waals surface area (Å²) >= 11 is 0. The van der Waals surface area contributed by atoms with Crippen LogP contribution in [0.3, 0.4) is 0 Å². The Kier molecular flexibility index (Phi) is 2.58. The monoisotopic (exact) mass is 246 g/mol. The fourth-order valence-electron chi connectivity index (χ4n) is 3.37. The lowest BCUT2D eigenvalue weighted by Gasteiger charge is -2.39. The molecule has 0 bridgehead atoms. The van der Waals surface area contributed by atoms with Crippen LogP contribution in [-0.2, 0) is 23.1 Å². The lowest BCUT2D eigenvalue weighted by molar-refractivity contribution is -0.147. The van der Waals surface area contributed by atoms with Crippen molar-refractivity contribution in [2.45, 2.75) is 43.9 Å². The van der Waals surface area contributed by atoms with Crippen LogP contribution in [0.1, 0.15) is 42.4 Å². The summed E-state index contributed by atoms with van der Waals surface area (Å²) < 4.78 is 5.56. The smallest absolute Gasteiger partial charge is 0.314 e. The van der Waals surface area contributed by atoms with Crippen LogP contribution < -0.4 is 4.74 Å². The van der Waals surface area contributed by atoms with Crippen molar-refractivity contribution in [3.05, 3.63) is 28.8 Å². The van der Waals surface area contributed by atoms with Gasteiger partial charge in [-0.05, 0) is 43.2 Å². The molecule has 0 aliphatic heterocycles. The van der Waals surface area contributed by atoms with Gasteiger partial charge in [0.05, 0.1) is 12.5 Å².